The molecular formula is C22H19N5O2. The summed E-state index contributed by atoms with van der Waals surface area (Å²) in [4.78, 5) is 28.3. The molecule has 4 rings (SSSR count). The van der Waals surface area contributed by atoms with Crippen LogP contribution in [-0.2, 0) is 6.61 Å². The van der Waals surface area contributed by atoms with E-state index in [-0.39, 0.29) is 5.91 Å². The van der Waals surface area contributed by atoms with Gasteiger partial charge in [-0.1, -0.05) is 18.2 Å². The Morgan fingerprint density at radius 1 is 1.07 bits per heavy atom. The van der Waals surface area contributed by atoms with E-state index in [4.69, 9.17) is 4.74 Å². The molecule has 0 radical (unpaired) electrons. The fourth-order valence-electron chi connectivity index (χ4n) is 2.75. The van der Waals surface area contributed by atoms with Crippen molar-refractivity contribution in [1.29, 1.82) is 0 Å². The van der Waals surface area contributed by atoms with E-state index >= 15 is 0 Å². The molecule has 3 aromatic heterocycles. The number of amides is 1. The third-order valence-electron chi connectivity index (χ3n) is 4.34. The molecule has 0 aliphatic heterocycles. The Balaban J connectivity index is 1.43. The molecule has 3 heterocycles. The lowest BCUT2D eigenvalue weighted by atomic mass is 10.1. The zero-order valence-corrected chi connectivity index (χ0v) is 15.8. The number of carbonyl (C=O) groups excluding carboxylic acids is 1. The van der Waals surface area contributed by atoms with Gasteiger partial charge in [-0.3, -0.25) is 9.78 Å². The standard InChI is InChI=1S/C22H19N5O2/c1-15-5-6-16(21-24-10-11-25-21)12-20(15)27-22(28)19-8-7-18(13-26-19)29-14-17-4-2-3-9-23-17/h2-13H,14H2,1H3,(H,24,25)(H,27,28). The summed E-state index contributed by atoms with van der Waals surface area (Å²) in [6.07, 6.45) is 6.70. The second-order valence-electron chi connectivity index (χ2n) is 6.41. The van der Waals surface area contributed by atoms with Gasteiger partial charge in [-0.25, -0.2) is 9.97 Å². The van der Waals surface area contributed by atoms with E-state index in [1.54, 1.807) is 30.7 Å². The highest BCUT2D eigenvalue weighted by atomic mass is 16.5. The molecule has 0 aliphatic rings. The summed E-state index contributed by atoms with van der Waals surface area (Å²) < 4.78 is 5.65. The Morgan fingerprint density at radius 3 is 2.72 bits per heavy atom. The van der Waals surface area contributed by atoms with Crippen molar-refractivity contribution in [2.75, 3.05) is 5.32 Å². The van der Waals surface area contributed by atoms with Crippen molar-refractivity contribution in [2.45, 2.75) is 13.5 Å². The van der Waals surface area contributed by atoms with Gasteiger partial charge >= 0.3 is 0 Å². The highest BCUT2D eigenvalue weighted by Gasteiger charge is 2.11. The number of nitrogens with zero attached hydrogens (tertiary/aromatic N) is 3. The molecule has 7 heteroatoms. The smallest absolute Gasteiger partial charge is 0.274 e. The number of H-pyrrole nitrogens is 1. The number of ether oxygens (including phenoxy) is 1. The Kier molecular flexibility index (Phi) is 5.29. The Hall–Kier alpha value is -4.00. The predicted octanol–water partition coefficient (Wildman–Crippen LogP) is 4.01. The zero-order chi connectivity index (χ0) is 20.1. The first-order valence-electron chi connectivity index (χ1n) is 9.09. The van der Waals surface area contributed by atoms with Crippen LogP contribution in [0.2, 0.25) is 0 Å². The van der Waals surface area contributed by atoms with Crippen molar-refractivity contribution < 1.29 is 9.53 Å². The summed E-state index contributed by atoms with van der Waals surface area (Å²) in [5, 5.41) is 2.91. The number of pyridine rings is 2. The van der Waals surface area contributed by atoms with Crippen LogP contribution in [0.3, 0.4) is 0 Å². The van der Waals surface area contributed by atoms with Crippen LogP contribution >= 0.6 is 0 Å². The topological polar surface area (TPSA) is 92.8 Å². The third-order valence-corrected chi connectivity index (χ3v) is 4.34. The number of anilines is 1. The van der Waals surface area contributed by atoms with Gasteiger partial charge in [0.1, 0.15) is 23.9 Å². The summed E-state index contributed by atoms with van der Waals surface area (Å²) in [5.41, 5.74) is 3.67. The summed E-state index contributed by atoms with van der Waals surface area (Å²) >= 11 is 0. The Labute approximate surface area is 167 Å². The van der Waals surface area contributed by atoms with Crippen LogP contribution in [-0.4, -0.2) is 25.8 Å². The summed E-state index contributed by atoms with van der Waals surface area (Å²) in [6, 6.07) is 14.8. The van der Waals surface area contributed by atoms with E-state index in [0.29, 0.717) is 23.7 Å². The SMILES string of the molecule is Cc1ccc(-c2ncc[nH]2)cc1NC(=O)c1ccc(OCc2ccccn2)cn1. The number of aromatic nitrogens is 4. The van der Waals surface area contributed by atoms with Gasteiger partial charge in [0, 0.05) is 29.8 Å². The minimum Gasteiger partial charge on any atom is -0.486 e. The summed E-state index contributed by atoms with van der Waals surface area (Å²) in [5.74, 6) is 1.03. The first kappa shape index (κ1) is 18.4. The maximum atomic E-state index is 12.6. The first-order valence-corrected chi connectivity index (χ1v) is 9.09. The van der Waals surface area contributed by atoms with Gasteiger partial charge in [-0.15, -0.1) is 0 Å². The number of aromatic amines is 1. The molecule has 4 aromatic rings. The van der Waals surface area contributed by atoms with Gasteiger partial charge in [-0.2, -0.15) is 0 Å². The summed E-state index contributed by atoms with van der Waals surface area (Å²) in [7, 11) is 0. The number of benzene rings is 1. The Bertz CT molecular complexity index is 1090. The van der Waals surface area contributed by atoms with Gasteiger partial charge in [0.05, 0.1) is 11.9 Å². The number of carbonyl (C=O) groups is 1. The molecule has 144 valence electrons. The van der Waals surface area contributed by atoms with E-state index in [0.717, 1.165) is 22.6 Å². The van der Waals surface area contributed by atoms with E-state index in [1.807, 2.05) is 43.3 Å². The van der Waals surface area contributed by atoms with Crippen molar-refractivity contribution in [3.8, 4) is 17.1 Å². The van der Waals surface area contributed by atoms with Crippen molar-refractivity contribution in [2.24, 2.45) is 0 Å². The van der Waals surface area contributed by atoms with E-state index in [2.05, 4.69) is 25.3 Å². The fraction of sp³-hybridized carbons (Fsp3) is 0.0909. The van der Waals surface area contributed by atoms with Gasteiger partial charge in [0.2, 0.25) is 0 Å². The highest BCUT2D eigenvalue weighted by Crippen LogP contribution is 2.23. The van der Waals surface area contributed by atoms with Crippen molar-refractivity contribution in [3.05, 3.63) is 90.3 Å². The molecule has 0 saturated carbocycles. The zero-order valence-electron chi connectivity index (χ0n) is 15.8. The van der Waals surface area contributed by atoms with E-state index in [1.165, 1.54) is 6.20 Å². The minimum absolute atomic E-state index is 0.291. The second kappa shape index (κ2) is 8.35. The molecule has 29 heavy (non-hydrogen) atoms. The fourth-order valence-corrected chi connectivity index (χ4v) is 2.75. The van der Waals surface area contributed by atoms with E-state index < -0.39 is 0 Å². The van der Waals surface area contributed by atoms with Crippen LogP contribution in [0.5, 0.6) is 5.75 Å². The van der Waals surface area contributed by atoms with Gasteiger partial charge in [0.25, 0.3) is 5.91 Å². The van der Waals surface area contributed by atoms with Gasteiger partial charge in [0.15, 0.2) is 0 Å². The lowest BCUT2D eigenvalue weighted by Gasteiger charge is -2.10. The molecule has 0 aliphatic carbocycles. The maximum absolute atomic E-state index is 12.6. The first-order chi connectivity index (χ1) is 14.2. The maximum Gasteiger partial charge on any atom is 0.274 e. The monoisotopic (exact) mass is 385 g/mol. The van der Waals surface area contributed by atoms with Crippen LogP contribution in [0.25, 0.3) is 11.4 Å². The number of hydrogen-bond donors (Lipinski definition) is 2. The van der Waals surface area contributed by atoms with Crippen molar-refractivity contribution in [1.82, 2.24) is 19.9 Å². The van der Waals surface area contributed by atoms with Gasteiger partial charge in [-0.05, 0) is 42.8 Å². The number of rotatable bonds is 6. The third kappa shape index (κ3) is 4.47. The van der Waals surface area contributed by atoms with Crippen LogP contribution in [0, 0.1) is 6.92 Å². The largest absolute Gasteiger partial charge is 0.486 e. The molecule has 1 amide bonds. The van der Waals surface area contributed by atoms with Gasteiger partial charge < -0.3 is 15.0 Å². The normalized spacial score (nSPS) is 10.5. The molecule has 0 fully saturated rings. The molecule has 0 saturated heterocycles. The molecule has 7 nitrogen and oxygen atoms in total. The second-order valence-corrected chi connectivity index (χ2v) is 6.41. The molecule has 0 spiro atoms. The number of hydrogen-bond acceptors (Lipinski definition) is 5. The molecule has 1 aromatic carbocycles. The highest BCUT2D eigenvalue weighted by molar-refractivity contribution is 6.03. The van der Waals surface area contributed by atoms with Crippen LogP contribution in [0.4, 0.5) is 5.69 Å². The van der Waals surface area contributed by atoms with Crippen molar-refractivity contribution in [3.63, 3.8) is 0 Å². The quantitative estimate of drug-likeness (QED) is 0.523. The minimum atomic E-state index is -0.291. The lowest BCUT2D eigenvalue weighted by Crippen LogP contribution is -2.14. The summed E-state index contributed by atoms with van der Waals surface area (Å²) in [6.45, 7) is 2.27. The number of aryl methyl sites for hydroxylation is 1. The molecule has 0 unspecified atom stereocenters. The number of imidazole rings is 1. The lowest BCUT2D eigenvalue weighted by molar-refractivity contribution is 0.102. The van der Waals surface area contributed by atoms with Crippen LogP contribution < -0.4 is 10.1 Å². The average Bonchev–Trinajstić information content (AvgIpc) is 3.30. The van der Waals surface area contributed by atoms with Crippen LogP contribution in [0.1, 0.15) is 21.7 Å². The Morgan fingerprint density at radius 2 is 2.00 bits per heavy atom. The molecule has 0 atom stereocenters. The average molecular weight is 385 g/mol. The van der Waals surface area contributed by atoms with Crippen LogP contribution in [0.15, 0.2) is 73.3 Å². The van der Waals surface area contributed by atoms with Crippen molar-refractivity contribution >= 4 is 11.6 Å². The molecule has 2 N–H and O–H groups in total. The molecular weight excluding hydrogens is 366 g/mol. The van der Waals surface area contributed by atoms with E-state index in [9.17, 15) is 4.79 Å². The number of nitrogens with one attached hydrogen (secondary N) is 2. The predicted molar refractivity (Wildman–Crippen MR) is 110 cm³/mol. The molecule has 0 bridgehead atoms.